The van der Waals surface area contributed by atoms with Crippen molar-refractivity contribution in [3.8, 4) is 11.1 Å². The Kier molecular flexibility index (Phi) is 7.25. The molecule has 0 amide bonds. The molecule has 0 atom stereocenters. The highest BCUT2D eigenvalue weighted by molar-refractivity contribution is 6.17. The summed E-state index contributed by atoms with van der Waals surface area (Å²) < 4.78 is 27.5. The second-order valence-electron chi connectivity index (χ2n) is 10.2. The third-order valence-electron chi connectivity index (χ3n) is 7.21. The molecule has 35 heavy (non-hydrogen) atoms. The number of halogens is 2. The summed E-state index contributed by atoms with van der Waals surface area (Å²) in [5.74, 6) is -1.13. The van der Waals surface area contributed by atoms with Gasteiger partial charge in [-0.05, 0) is 60.2 Å². The Hall–Kier alpha value is -3.21. The van der Waals surface area contributed by atoms with Gasteiger partial charge >= 0.3 is 0 Å². The lowest BCUT2D eigenvalue weighted by atomic mass is 9.80. The van der Waals surface area contributed by atoms with E-state index >= 15 is 0 Å². The lowest BCUT2D eigenvalue weighted by molar-refractivity contribution is 0.0929. The summed E-state index contributed by atoms with van der Waals surface area (Å²) in [6.07, 6.45) is 6.64. The van der Waals surface area contributed by atoms with Crippen LogP contribution in [0.1, 0.15) is 97.2 Å². The molecule has 1 heterocycles. The molecule has 0 saturated heterocycles. The van der Waals surface area contributed by atoms with E-state index in [4.69, 9.17) is 4.98 Å². The largest absolute Gasteiger partial charge is 0.294 e. The van der Waals surface area contributed by atoms with E-state index in [1.807, 2.05) is 20.8 Å². The van der Waals surface area contributed by atoms with Crippen LogP contribution in [0.3, 0.4) is 0 Å². The van der Waals surface area contributed by atoms with Crippen molar-refractivity contribution in [1.29, 1.82) is 0 Å². The zero-order valence-electron chi connectivity index (χ0n) is 20.5. The average molecular weight is 476 g/mol. The van der Waals surface area contributed by atoms with Crippen LogP contribution in [-0.4, -0.2) is 16.6 Å². The Morgan fingerprint density at radius 3 is 2.09 bits per heavy atom. The standard InChI is InChI=1S/C30H31F2NO2/c1-4-30(2,3)17-25(34)24-18-33-28(20-7-5-6-8-20)27(26(24)19-9-13-22(31)14-10-19)29(35)21-11-15-23(32)16-12-21/h9-16,18,20H,4-8,17H2,1-3H3. The average Bonchev–Trinajstić information content (AvgIpc) is 3.38. The molecule has 0 radical (unpaired) electrons. The first-order valence-corrected chi connectivity index (χ1v) is 12.3. The van der Waals surface area contributed by atoms with Gasteiger partial charge in [-0.1, -0.05) is 52.2 Å². The van der Waals surface area contributed by atoms with Crippen molar-refractivity contribution in [3.05, 3.63) is 88.7 Å². The zero-order chi connectivity index (χ0) is 25.2. The van der Waals surface area contributed by atoms with Crippen LogP contribution in [0, 0.1) is 17.0 Å². The molecule has 5 heteroatoms. The van der Waals surface area contributed by atoms with Gasteiger partial charge in [-0.3, -0.25) is 14.6 Å². The van der Waals surface area contributed by atoms with Crippen LogP contribution in [0.15, 0.2) is 54.7 Å². The lowest BCUT2D eigenvalue weighted by Gasteiger charge is -2.24. The van der Waals surface area contributed by atoms with Crippen molar-refractivity contribution in [2.45, 2.75) is 65.2 Å². The fourth-order valence-corrected chi connectivity index (χ4v) is 4.79. The van der Waals surface area contributed by atoms with Gasteiger partial charge in [0.2, 0.25) is 0 Å². The van der Waals surface area contributed by atoms with Gasteiger partial charge in [-0.2, -0.15) is 0 Å². The maximum absolute atomic E-state index is 14.0. The molecular weight excluding hydrogens is 444 g/mol. The van der Waals surface area contributed by atoms with Crippen molar-refractivity contribution >= 4 is 11.6 Å². The first-order valence-electron chi connectivity index (χ1n) is 12.3. The highest BCUT2D eigenvalue weighted by atomic mass is 19.1. The summed E-state index contributed by atoms with van der Waals surface area (Å²) in [6, 6.07) is 11.3. The second-order valence-corrected chi connectivity index (χ2v) is 10.2. The van der Waals surface area contributed by atoms with Gasteiger partial charge in [0.1, 0.15) is 11.6 Å². The molecule has 1 aromatic heterocycles. The molecule has 1 aliphatic rings. The summed E-state index contributed by atoms with van der Waals surface area (Å²) in [5, 5.41) is 0. The van der Waals surface area contributed by atoms with Crippen LogP contribution in [0.25, 0.3) is 11.1 Å². The quantitative estimate of drug-likeness (QED) is 0.311. The van der Waals surface area contributed by atoms with E-state index in [-0.39, 0.29) is 22.9 Å². The van der Waals surface area contributed by atoms with E-state index in [2.05, 4.69) is 0 Å². The molecule has 2 aromatic carbocycles. The third-order valence-corrected chi connectivity index (χ3v) is 7.21. The number of carbonyl (C=O) groups is 2. The molecule has 0 bridgehead atoms. The summed E-state index contributed by atoms with van der Waals surface area (Å²) >= 11 is 0. The highest BCUT2D eigenvalue weighted by Crippen LogP contribution is 2.41. The fraction of sp³-hybridized carbons (Fsp3) is 0.367. The van der Waals surface area contributed by atoms with Crippen molar-refractivity contribution in [2.75, 3.05) is 0 Å². The summed E-state index contributed by atoms with van der Waals surface area (Å²) in [4.78, 5) is 32.3. The smallest absolute Gasteiger partial charge is 0.195 e. The zero-order valence-corrected chi connectivity index (χ0v) is 20.5. The minimum atomic E-state index is -0.430. The Labute approximate surface area is 205 Å². The molecule has 1 saturated carbocycles. The monoisotopic (exact) mass is 475 g/mol. The van der Waals surface area contributed by atoms with Gasteiger partial charge in [-0.25, -0.2) is 8.78 Å². The predicted octanol–water partition coefficient (Wildman–Crippen LogP) is 7.92. The summed E-state index contributed by atoms with van der Waals surface area (Å²) in [7, 11) is 0. The molecule has 3 nitrogen and oxygen atoms in total. The molecule has 0 unspecified atom stereocenters. The van der Waals surface area contributed by atoms with Gasteiger partial charge in [0.05, 0.1) is 11.3 Å². The predicted molar refractivity (Wildman–Crippen MR) is 134 cm³/mol. The molecular formula is C30H31F2NO2. The summed E-state index contributed by atoms with van der Waals surface area (Å²) in [6.45, 7) is 6.11. The molecule has 4 rings (SSSR count). The molecule has 0 N–H and O–H groups in total. The van der Waals surface area contributed by atoms with Gasteiger partial charge in [0, 0.05) is 35.2 Å². The molecule has 0 aliphatic heterocycles. The van der Waals surface area contributed by atoms with Crippen LogP contribution in [0.5, 0.6) is 0 Å². The number of carbonyl (C=O) groups excluding carboxylic acids is 2. The minimum Gasteiger partial charge on any atom is -0.294 e. The normalized spacial score (nSPS) is 14.3. The van der Waals surface area contributed by atoms with Gasteiger partial charge in [0.25, 0.3) is 0 Å². The topological polar surface area (TPSA) is 47.0 Å². The molecule has 182 valence electrons. The molecule has 1 aliphatic carbocycles. The number of benzene rings is 2. The Bertz CT molecular complexity index is 1220. The van der Waals surface area contributed by atoms with E-state index in [0.29, 0.717) is 39.9 Å². The lowest BCUT2D eigenvalue weighted by Crippen LogP contribution is -2.20. The minimum absolute atomic E-state index is 0.102. The molecule has 0 spiro atoms. The maximum Gasteiger partial charge on any atom is 0.195 e. The van der Waals surface area contributed by atoms with E-state index in [1.165, 1.54) is 36.4 Å². The first kappa shape index (κ1) is 24.9. The van der Waals surface area contributed by atoms with Crippen LogP contribution in [0.4, 0.5) is 8.78 Å². The van der Waals surface area contributed by atoms with Crippen LogP contribution in [-0.2, 0) is 0 Å². The summed E-state index contributed by atoms with van der Waals surface area (Å²) in [5.41, 5.74) is 2.60. The number of rotatable bonds is 8. The first-order chi connectivity index (χ1) is 16.7. The van der Waals surface area contributed by atoms with Gasteiger partial charge < -0.3 is 0 Å². The van der Waals surface area contributed by atoms with E-state index < -0.39 is 11.6 Å². The van der Waals surface area contributed by atoms with E-state index in [1.54, 1.807) is 18.3 Å². The number of nitrogens with zero attached hydrogens (tertiary/aromatic N) is 1. The SMILES string of the molecule is CCC(C)(C)CC(=O)c1cnc(C2CCCC2)c(C(=O)c2ccc(F)cc2)c1-c1ccc(F)cc1. The molecule has 3 aromatic rings. The number of pyridine rings is 1. The van der Waals surface area contributed by atoms with Crippen molar-refractivity contribution in [2.24, 2.45) is 5.41 Å². The van der Waals surface area contributed by atoms with Crippen molar-refractivity contribution in [1.82, 2.24) is 4.98 Å². The number of aromatic nitrogens is 1. The highest BCUT2D eigenvalue weighted by Gasteiger charge is 2.32. The van der Waals surface area contributed by atoms with Gasteiger partial charge in [-0.15, -0.1) is 0 Å². The van der Waals surface area contributed by atoms with Crippen molar-refractivity contribution in [3.63, 3.8) is 0 Å². The second kappa shape index (κ2) is 10.2. The van der Waals surface area contributed by atoms with Crippen LogP contribution < -0.4 is 0 Å². The number of ketones is 2. The Morgan fingerprint density at radius 1 is 0.943 bits per heavy atom. The van der Waals surface area contributed by atoms with Crippen LogP contribution in [0.2, 0.25) is 0 Å². The number of Topliss-reactive ketones (excluding diaryl/α,β-unsaturated/α-hetero) is 1. The molecule has 1 fully saturated rings. The number of hydrogen-bond acceptors (Lipinski definition) is 3. The maximum atomic E-state index is 14.0. The number of hydrogen-bond donors (Lipinski definition) is 0. The van der Waals surface area contributed by atoms with E-state index in [9.17, 15) is 18.4 Å². The van der Waals surface area contributed by atoms with Crippen molar-refractivity contribution < 1.29 is 18.4 Å². The third kappa shape index (κ3) is 5.39. The van der Waals surface area contributed by atoms with Gasteiger partial charge in [0.15, 0.2) is 11.6 Å². The van der Waals surface area contributed by atoms with Crippen LogP contribution >= 0.6 is 0 Å². The Balaban J connectivity index is 1.98. The fourth-order valence-electron chi connectivity index (χ4n) is 4.79. The van der Waals surface area contributed by atoms with E-state index in [0.717, 1.165) is 32.1 Å². The Morgan fingerprint density at radius 2 is 1.51 bits per heavy atom.